The molecule has 0 spiro atoms. The maximum absolute atomic E-state index is 13.4. The highest BCUT2D eigenvalue weighted by Gasteiger charge is 2.09. The topological polar surface area (TPSA) is 73.3 Å². The highest BCUT2D eigenvalue weighted by Crippen LogP contribution is 2.14. The van der Waals surface area contributed by atoms with E-state index >= 15 is 0 Å². The largest absolute Gasteiger partial charge is 0.493 e. The minimum absolute atomic E-state index is 0.0654. The van der Waals surface area contributed by atoms with Crippen molar-refractivity contribution in [2.45, 2.75) is 13.0 Å². The molecule has 136 valence electrons. The first-order valence-corrected chi connectivity index (χ1v) is 8.21. The molecule has 0 fully saturated rings. The normalized spacial score (nSPS) is 11.0. The molecular formula is C19H19FN2O4. The molecule has 3 aromatic rings. The number of rotatable bonds is 7. The summed E-state index contributed by atoms with van der Waals surface area (Å²) in [5.74, 6) is 0.120. The van der Waals surface area contributed by atoms with Crippen molar-refractivity contribution in [2.75, 3.05) is 20.3 Å². The van der Waals surface area contributed by atoms with Crippen LogP contribution in [0.25, 0.3) is 10.9 Å². The number of hydrogen-bond acceptors (Lipinski definition) is 4. The molecule has 0 saturated carbocycles. The molecular weight excluding hydrogens is 339 g/mol. The summed E-state index contributed by atoms with van der Waals surface area (Å²) in [7, 11) is 1.63. The molecule has 1 aromatic heterocycles. The molecule has 1 N–H and O–H groups in total. The van der Waals surface area contributed by atoms with Gasteiger partial charge in [-0.3, -0.25) is 9.36 Å². The molecule has 0 saturated heterocycles. The van der Waals surface area contributed by atoms with Crippen LogP contribution in [0.4, 0.5) is 4.39 Å². The van der Waals surface area contributed by atoms with Gasteiger partial charge >= 0.3 is 5.69 Å². The van der Waals surface area contributed by atoms with Gasteiger partial charge in [0.15, 0.2) is 0 Å². The second kappa shape index (κ2) is 7.97. The van der Waals surface area contributed by atoms with Gasteiger partial charge in [-0.1, -0.05) is 12.1 Å². The zero-order valence-corrected chi connectivity index (χ0v) is 14.3. The Bertz CT molecular complexity index is 1030. The lowest BCUT2D eigenvalue weighted by Gasteiger charge is -2.09. The third-order valence-corrected chi connectivity index (χ3v) is 3.94. The first-order chi connectivity index (χ1) is 12.6. The summed E-state index contributed by atoms with van der Waals surface area (Å²) in [6.45, 7) is 1.18. The lowest BCUT2D eigenvalue weighted by Crippen LogP contribution is -2.35. The Labute approximate surface area is 148 Å². The van der Waals surface area contributed by atoms with Gasteiger partial charge in [0.1, 0.15) is 11.6 Å². The molecule has 0 aliphatic carbocycles. The van der Waals surface area contributed by atoms with Crippen molar-refractivity contribution in [3.63, 3.8) is 0 Å². The van der Waals surface area contributed by atoms with Crippen molar-refractivity contribution >= 4 is 10.9 Å². The number of halogens is 1. The van der Waals surface area contributed by atoms with E-state index in [4.69, 9.17) is 9.47 Å². The fourth-order valence-electron chi connectivity index (χ4n) is 2.68. The van der Waals surface area contributed by atoms with E-state index in [1.54, 1.807) is 31.4 Å². The summed E-state index contributed by atoms with van der Waals surface area (Å²) in [6, 6.07) is 10.9. The number of fused-ring (bicyclic) bond motifs is 1. The average molecular weight is 358 g/mol. The summed E-state index contributed by atoms with van der Waals surface area (Å²) in [5.41, 5.74) is -0.0272. The lowest BCUT2D eigenvalue weighted by atomic mass is 10.2. The van der Waals surface area contributed by atoms with Gasteiger partial charge in [0, 0.05) is 20.1 Å². The summed E-state index contributed by atoms with van der Waals surface area (Å²) in [6.07, 6.45) is 0.760. The molecule has 6 nitrogen and oxygen atoms in total. The Morgan fingerprint density at radius 1 is 1.12 bits per heavy atom. The molecule has 7 heteroatoms. The van der Waals surface area contributed by atoms with E-state index in [1.807, 2.05) is 0 Å². The summed E-state index contributed by atoms with van der Waals surface area (Å²) >= 11 is 0. The van der Waals surface area contributed by atoms with Crippen LogP contribution in [0.3, 0.4) is 0 Å². The Balaban J connectivity index is 1.87. The number of methoxy groups -OCH3 is 1. The standard InChI is InChI=1S/C19H19FN2O4/c1-25-8-3-9-26-15-5-2-4-13(10-15)12-22-18(23)16-11-14(20)6-7-17(16)21-19(22)24/h2,4-7,10-11H,3,8-9,12H2,1H3,(H,21,24). The van der Waals surface area contributed by atoms with Crippen molar-refractivity contribution in [3.8, 4) is 5.75 Å². The lowest BCUT2D eigenvalue weighted by molar-refractivity contribution is 0.172. The van der Waals surface area contributed by atoms with Crippen LogP contribution in [0, 0.1) is 5.82 Å². The van der Waals surface area contributed by atoms with Crippen LogP contribution in [0.15, 0.2) is 52.1 Å². The van der Waals surface area contributed by atoms with Crippen LogP contribution >= 0.6 is 0 Å². The zero-order chi connectivity index (χ0) is 18.5. The van der Waals surface area contributed by atoms with Gasteiger partial charge in [-0.25, -0.2) is 9.18 Å². The molecule has 0 radical (unpaired) electrons. The van der Waals surface area contributed by atoms with Gasteiger partial charge in [0.25, 0.3) is 5.56 Å². The third-order valence-electron chi connectivity index (χ3n) is 3.94. The summed E-state index contributed by atoms with van der Waals surface area (Å²) in [5, 5.41) is 0.136. The van der Waals surface area contributed by atoms with Gasteiger partial charge in [0.2, 0.25) is 0 Å². The first-order valence-electron chi connectivity index (χ1n) is 8.21. The van der Waals surface area contributed by atoms with E-state index in [0.29, 0.717) is 24.5 Å². The van der Waals surface area contributed by atoms with Crippen molar-refractivity contribution in [3.05, 3.63) is 74.7 Å². The molecule has 26 heavy (non-hydrogen) atoms. The van der Waals surface area contributed by atoms with Crippen LogP contribution in [0.2, 0.25) is 0 Å². The van der Waals surface area contributed by atoms with Crippen LogP contribution in [-0.2, 0) is 11.3 Å². The Hall–Kier alpha value is -2.93. The van der Waals surface area contributed by atoms with Crippen LogP contribution in [0.1, 0.15) is 12.0 Å². The van der Waals surface area contributed by atoms with Crippen molar-refractivity contribution in [1.82, 2.24) is 9.55 Å². The fraction of sp³-hybridized carbons (Fsp3) is 0.263. The Morgan fingerprint density at radius 2 is 1.96 bits per heavy atom. The van der Waals surface area contributed by atoms with Gasteiger partial charge in [0.05, 0.1) is 24.1 Å². The predicted octanol–water partition coefficient (Wildman–Crippen LogP) is 2.29. The molecule has 0 atom stereocenters. The van der Waals surface area contributed by atoms with Gasteiger partial charge in [-0.15, -0.1) is 0 Å². The monoisotopic (exact) mass is 358 g/mol. The van der Waals surface area contributed by atoms with Gasteiger partial charge in [-0.05, 0) is 35.9 Å². The van der Waals surface area contributed by atoms with E-state index in [9.17, 15) is 14.0 Å². The van der Waals surface area contributed by atoms with Crippen LogP contribution < -0.4 is 16.0 Å². The number of benzene rings is 2. The molecule has 2 aromatic carbocycles. The molecule has 1 heterocycles. The molecule has 0 bridgehead atoms. The molecule has 3 rings (SSSR count). The highest BCUT2D eigenvalue weighted by molar-refractivity contribution is 5.77. The number of aromatic nitrogens is 2. The van der Waals surface area contributed by atoms with Crippen molar-refractivity contribution in [2.24, 2.45) is 0 Å². The van der Waals surface area contributed by atoms with E-state index in [1.165, 1.54) is 12.1 Å². The van der Waals surface area contributed by atoms with Crippen LogP contribution in [-0.4, -0.2) is 29.9 Å². The maximum atomic E-state index is 13.4. The third kappa shape index (κ3) is 4.00. The second-order valence-corrected chi connectivity index (χ2v) is 5.85. The quantitative estimate of drug-likeness (QED) is 0.658. The molecule has 0 aliphatic heterocycles. The maximum Gasteiger partial charge on any atom is 0.329 e. The number of aromatic amines is 1. The first kappa shape index (κ1) is 17.9. The minimum Gasteiger partial charge on any atom is -0.493 e. The van der Waals surface area contributed by atoms with Gasteiger partial charge < -0.3 is 14.5 Å². The summed E-state index contributed by atoms with van der Waals surface area (Å²) < 4.78 is 25.1. The number of nitrogens with one attached hydrogen (secondary N) is 1. The molecule has 0 amide bonds. The molecule has 0 unspecified atom stereocenters. The van der Waals surface area contributed by atoms with E-state index in [2.05, 4.69) is 4.98 Å². The minimum atomic E-state index is -0.541. The zero-order valence-electron chi connectivity index (χ0n) is 14.3. The van der Waals surface area contributed by atoms with E-state index in [-0.39, 0.29) is 11.9 Å². The van der Waals surface area contributed by atoms with E-state index in [0.717, 1.165) is 22.6 Å². The van der Waals surface area contributed by atoms with Crippen LogP contribution in [0.5, 0.6) is 5.75 Å². The highest BCUT2D eigenvalue weighted by atomic mass is 19.1. The molecule has 0 aliphatic rings. The second-order valence-electron chi connectivity index (χ2n) is 5.85. The fourth-order valence-corrected chi connectivity index (χ4v) is 2.68. The van der Waals surface area contributed by atoms with Gasteiger partial charge in [-0.2, -0.15) is 0 Å². The SMILES string of the molecule is COCCCOc1cccc(Cn2c(=O)[nH]c3ccc(F)cc3c2=O)c1. The Morgan fingerprint density at radius 3 is 2.77 bits per heavy atom. The number of ether oxygens (including phenoxy) is 2. The number of hydrogen-bond donors (Lipinski definition) is 1. The van der Waals surface area contributed by atoms with E-state index < -0.39 is 17.1 Å². The predicted molar refractivity (Wildman–Crippen MR) is 96.3 cm³/mol. The average Bonchev–Trinajstić information content (AvgIpc) is 2.63. The number of nitrogens with zero attached hydrogens (tertiary/aromatic N) is 1. The number of H-pyrrole nitrogens is 1. The van der Waals surface area contributed by atoms with Crippen molar-refractivity contribution in [1.29, 1.82) is 0 Å². The van der Waals surface area contributed by atoms with Crippen molar-refractivity contribution < 1.29 is 13.9 Å². The summed E-state index contributed by atoms with van der Waals surface area (Å²) in [4.78, 5) is 27.4. The Kier molecular flexibility index (Phi) is 5.48. The smallest absolute Gasteiger partial charge is 0.329 e.